The molecule has 0 aliphatic carbocycles. The zero-order valence-electron chi connectivity index (χ0n) is 9.35. The Hall–Kier alpha value is -0.530. The van der Waals surface area contributed by atoms with Gasteiger partial charge in [-0.3, -0.25) is 4.79 Å². The summed E-state index contributed by atoms with van der Waals surface area (Å²) in [5.41, 5.74) is 0. The highest BCUT2D eigenvalue weighted by Gasteiger charge is 1.85. The molecule has 0 fully saturated rings. The maximum atomic E-state index is 9.00. The first-order valence-electron chi connectivity index (χ1n) is 4.70. The van der Waals surface area contributed by atoms with Crippen molar-refractivity contribution in [2.75, 3.05) is 0 Å². The van der Waals surface area contributed by atoms with Crippen LogP contribution in [-0.4, -0.2) is 11.1 Å². The van der Waals surface area contributed by atoms with Crippen molar-refractivity contribution in [3.63, 3.8) is 0 Å². The van der Waals surface area contributed by atoms with Crippen molar-refractivity contribution >= 4 is 5.97 Å². The van der Waals surface area contributed by atoms with Crippen LogP contribution in [0.25, 0.3) is 0 Å². The first kappa shape index (κ1) is 13.1. The molecule has 0 atom stereocenters. The van der Waals surface area contributed by atoms with Crippen LogP contribution in [0.3, 0.4) is 0 Å². The third-order valence-electron chi connectivity index (χ3n) is 0.866. The van der Waals surface area contributed by atoms with Crippen LogP contribution in [0.2, 0.25) is 0 Å². The van der Waals surface area contributed by atoms with Gasteiger partial charge in [0.2, 0.25) is 0 Å². The van der Waals surface area contributed by atoms with Crippen molar-refractivity contribution < 1.29 is 11.3 Å². The Bertz CT molecular complexity index is 78.6. The van der Waals surface area contributed by atoms with Crippen LogP contribution in [0.15, 0.2) is 0 Å². The Balaban J connectivity index is -0.000000118. The molecular weight excluding hydrogens is 140 g/mol. The second kappa shape index (κ2) is 12.2. The lowest BCUT2D eigenvalue weighted by molar-refractivity contribution is -0.134. The minimum absolute atomic E-state index is 0.833. The standard InChI is InChI=1S/C6H14.C2H4O2.CH4/c1-4-5-6(2)3;1-2(3)4;/h6H,4-5H2,1-3H3;1H3,(H,3,4);1H4/i;;1D. The van der Waals surface area contributed by atoms with E-state index in [0.717, 1.165) is 12.8 Å². The Kier molecular flexibility index (Phi) is 14.5. The lowest BCUT2D eigenvalue weighted by atomic mass is 10.1. The van der Waals surface area contributed by atoms with Crippen molar-refractivity contribution in [2.24, 2.45) is 5.92 Å². The van der Waals surface area contributed by atoms with E-state index < -0.39 is 5.97 Å². The van der Waals surface area contributed by atoms with E-state index in [1.807, 2.05) is 0 Å². The molecule has 70 valence electrons. The molecule has 2 heteroatoms. The van der Waals surface area contributed by atoms with Crippen LogP contribution < -0.4 is 0 Å². The molecule has 0 bridgehead atoms. The molecule has 0 aliphatic rings. The van der Waals surface area contributed by atoms with E-state index in [1.165, 1.54) is 20.2 Å². The zero-order valence-corrected chi connectivity index (χ0v) is 8.35. The highest BCUT2D eigenvalue weighted by atomic mass is 16.4. The van der Waals surface area contributed by atoms with Crippen LogP contribution in [0.1, 0.15) is 49.3 Å². The number of carbonyl (C=O) groups is 1. The van der Waals surface area contributed by atoms with Gasteiger partial charge >= 0.3 is 0 Å². The maximum absolute atomic E-state index is 9.00. The Labute approximate surface area is 72.0 Å². The van der Waals surface area contributed by atoms with Gasteiger partial charge in [-0.05, 0) is 5.92 Å². The van der Waals surface area contributed by atoms with E-state index in [-0.39, 0.29) is 0 Å². The predicted molar refractivity (Wildman–Crippen MR) is 49.8 cm³/mol. The number of aliphatic carboxylic acids is 1. The van der Waals surface area contributed by atoms with E-state index in [9.17, 15) is 0 Å². The van der Waals surface area contributed by atoms with Gasteiger partial charge in [-0.2, -0.15) is 0 Å². The summed E-state index contributed by atoms with van der Waals surface area (Å²) in [4.78, 5) is 9.00. The van der Waals surface area contributed by atoms with E-state index in [4.69, 9.17) is 11.3 Å². The van der Waals surface area contributed by atoms with Crippen molar-refractivity contribution in [1.29, 1.82) is 0 Å². The first-order chi connectivity index (χ1) is 5.50. The van der Waals surface area contributed by atoms with E-state index in [2.05, 4.69) is 20.8 Å². The van der Waals surface area contributed by atoms with Crippen LogP contribution in [0.4, 0.5) is 0 Å². The van der Waals surface area contributed by atoms with Crippen LogP contribution in [0.5, 0.6) is 0 Å². The first-order valence-corrected chi connectivity index (χ1v) is 3.70. The van der Waals surface area contributed by atoms with Crippen LogP contribution >= 0.6 is 0 Å². The molecular formula is C9H22O2. The predicted octanol–water partition coefficient (Wildman–Crippen LogP) is 3.17. The van der Waals surface area contributed by atoms with Gasteiger partial charge in [0.05, 0.1) is 0 Å². The number of rotatable bonds is 2. The third-order valence-corrected chi connectivity index (χ3v) is 0.866. The molecule has 0 aromatic carbocycles. The number of carboxylic acid groups (broad SMARTS) is 1. The van der Waals surface area contributed by atoms with Crippen LogP contribution in [0, 0.1) is 5.92 Å². The van der Waals surface area contributed by atoms with Gasteiger partial charge in [0, 0.05) is 8.29 Å². The summed E-state index contributed by atoms with van der Waals surface area (Å²) >= 11 is 0. The molecule has 2 nitrogen and oxygen atoms in total. The molecule has 0 rings (SSSR count). The molecule has 0 amide bonds. The van der Waals surface area contributed by atoms with Gasteiger partial charge in [0.25, 0.3) is 5.97 Å². The van der Waals surface area contributed by atoms with Crippen LogP contribution in [-0.2, 0) is 4.79 Å². The molecule has 0 saturated carbocycles. The molecule has 0 spiro atoms. The lowest BCUT2D eigenvalue weighted by Gasteiger charge is -1.95. The minimum atomic E-state index is -0.833. The molecule has 0 saturated heterocycles. The lowest BCUT2D eigenvalue weighted by Crippen LogP contribution is -1.81. The molecule has 0 radical (unpaired) electrons. The molecule has 0 heterocycles. The van der Waals surface area contributed by atoms with E-state index in [1.54, 1.807) is 0 Å². The maximum Gasteiger partial charge on any atom is 0.300 e. The second-order valence-corrected chi connectivity index (χ2v) is 2.70. The average Bonchev–Trinajstić information content (AvgIpc) is 1.90. The van der Waals surface area contributed by atoms with Gasteiger partial charge in [-0.15, -0.1) is 0 Å². The molecule has 0 unspecified atom stereocenters. The number of hydrogen-bond acceptors (Lipinski definition) is 1. The largest absolute Gasteiger partial charge is 0.481 e. The monoisotopic (exact) mass is 163 g/mol. The minimum Gasteiger partial charge on any atom is -0.481 e. The van der Waals surface area contributed by atoms with Gasteiger partial charge < -0.3 is 5.11 Å². The normalized spacial score (nSPS) is 8.36. The van der Waals surface area contributed by atoms with Gasteiger partial charge in [0.15, 0.2) is 0 Å². The zero-order chi connectivity index (χ0) is 10.6. The molecule has 0 aromatic rings. The summed E-state index contributed by atoms with van der Waals surface area (Å²) in [6, 6.07) is 0. The Morgan fingerprint density at radius 1 is 1.64 bits per heavy atom. The topological polar surface area (TPSA) is 37.3 Å². The van der Waals surface area contributed by atoms with Crippen molar-refractivity contribution in [2.45, 2.75) is 47.9 Å². The summed E-state index contributed by atoms with van der Waals surface area (Å²) < 4.78 is 5.75. The van der Waals surface area contributed by atoms with E-state index >= 15 is 0 Å². The smallest absolute Gasteiger partial charge is 0.300 e. The van der Waals surface area contributed by atoms with Crippen molar-refractivity contribution in [1.82, 2.24) is 0 Å². The summed E-state index contributed by atoms with van der Waals surface area (Å²) in [6.45, 7) is 7.81. The van der Waals surface area contributed by atoms with E-state index in [0.29, 0.717) is 0 Å². The quantitative estimate of drug-likeness (QED) is 0.679. The fourth-order valence-corrected chi connectivity index (χ4v) is 0.577. The van der Waals surface area contributed by atoms with Gasteiger partial charge in [0.1, 0.15) is 0 Å². The highest BCUT2D eigenvalue weighted by Crippen LogP contribution is 2.00. The number of carboxylic acids is 1. The third kappa shape index (κ3) is 86.6. The SMILES string of the molecule is CC(=O)O.CCCC(C)C.[2H]C. The molecule has 0 aliphatic heterocycles. The van der Waals surface area contributed by atoms with Gasteiger partial charge in [-0.25, -0.2) is 0 Å². The summed E-state index contributed by atoms with van der Waals surface area (Å²) in [6.07, 6.45) is 2.71. The summed E-state index contributed by atoms with van der Waals surface area (Å²) in [5, 5.41) is 7.42. The van der Waals surface area contributed by atoms with Crippen molar-refractivity contribution in [3.05, 3.63) is 0 Å². The number of hydrogen-bond donors (Lipinski definition) is 1. The average molecular weight is 163 g/mol. The Morgan fingerprint density at radius 3 is 1.91 bits per heavy atom. The fraction of sp³-hybridized carbons (Fsp3) is 0.889. The summed E-state index contributed by atoms with van der Waals surface area (Å²) in [5.74, 6) is 0.0648. The molecule has 0 aromatic heterocycles. The fourth-order valence-electron chi connectivity index (χ4n) is 0.577. The molecule has 1 N–H and O–H groups in total. The van der Waals surface area contributed by atoms with Gasteiger partial charge in [-0.1, -0.05) is 41.0 Å². The molecule has 11 heavy (non-hydrogen) atoms. The highest BCUT2D eigenvalue weighted by molar-refractivity contribution is 5.62. The second-order valence-electron chi connectivity index (χ2n) is 2.70. The Morgan fingerprint density at radius 2 is 1.91 bits per heavy atom. The summed E-state index contributed by atoms with van der Waals surface area (Å²) in [7, 11) is 1.25. The van der Waals surface area contributed by atoms with Crippen molar-refractivity contribution in [3.8, 4) is 0 Å².